The molecule has 3 rings (SSSR count). The SMILES string of the molecule is CC(=O)c1ccccc1NC(=O)CN[C@H](c1ccccc1)c1ccco1. The molecule has 0 spiro atoms. The summed E-state index contributed by atoms with van der Waals surface area (Å²) in [5.41, 5.74) is 2.01. The van der Waals surface area contributed by atoms with Crippen LogP contribution in [0.3, 0.4) is 0 Å². The molecule has 0 saturated heterocycles. The van der Waals surface area contributed by atoms with Crippen molar-refractivity contribution in [2.75, 3.05) is 11.9 Å². The van der Waals surface area contributed by atoms with Gasteiger partial charge in [-0.25, -0.2) is 0 Å². The quantitative estimate of drug-likeness (QED) is 0.637. The predicted molar refractivity (Wildman–Crippen MR) is 100 cm³/mol. The number of nitrogens with one attached hydrogen (secondary N) is 2. The number of benzene rings is 2. The summed E-state index contributed by atoms with van der Waals surface area (Å²) in [6.45, 7) is 1.55. The van der Waals surface area contributed by atoms with Gasteiger partial charge in [-0.05, 0) is 36.8 Å². The lowest BCUT2D eigenvalue weighted by Gasteiger charge is -2.17. The molecule has 0 unspecified atom stereocenters. The molecule has 1 heterocycles. The standard InChI is InChI=1S/C21H20N2O3/c1-15(24)17-10-5-6-11-18(17)23-20(25)14-22-21(19-12-7-13-26-19)16-8-3-2-4-9-16/h2-13,21-22H,14H2,1H3,(H,23,25)/t21-/m1/s1. The summed E-state index contributed by atoms with van der Waals surface area (Å²) in [6, 6.07) is 20.2. The fourth-order valence-corrected chi connectivity index (χ4v) is 2.77. The molecular formula is C21H20N2O3. The second kappa shape index (κ2) is 8.27. The zero-order valence-electron chi connectivity index (χ0n) is 14.4. The van der Waals surface area contributed by atoms with Gasteiger partial charge in [0.15, 0.2) is 5.78 Å². The Morgan fingerprint density at radius 3 is 2.38 bits per heavy atom. The fourth-order valence-electron chi connectivity index (χ4n) is 2.77. The summed E-state index contributed by atoms with van der Waals surface area (Å²) in [5, 5.41) is 6.01. The molecular weight excluding hydrogens is 328 g/mol. The Kier molecular flexibility index (Phi) is 5.61. The highest BCUT2D eigenvalue weighted by molar-refractivity contribution is 6.04. The molecule has 0 aliphatic rings. The number of hydrogen-bond acceptors (Lipinski definition) is 4. The lowest BCUT2D eigenvalue weighted by molar-refractivity contribution is -0.115. The lowest BCUT2D eigenvalue weighted by Crippen LogP contribution is -2.32. The molecule has 2 aromatic carbocycles. The molecule has 5 heteroatoms. The maximum atomic E-state index is 12.4. The van der Waals surface area contributed by atoms with Crippen molar-refractivity contribution < 1.29 is 14.0 Å². The van der Waals surface area contributed by atoms with Gasteiger partial charge in [0.2, 0.25) is 5.91 Å². The highest BCUT2D eigenvalue weighted by atomic mass is 16.3. The monoisotopic (exact) mass is 348 g/mol. The maximum Gasteiger partial charge on any atom is 0.238 e. The van der Waals surface area contributed by atoms with Crippen molar-refractivity contribution in [1.82, 2.24) is 5.32 Å². The van der Waals surface area contributed by atoms with Crippen molar-refractivity contribution >= 4 is 17.4 Å². The molecule has 1 atom stereocenters. The number of carbonyl (C=O) groups is 2. The number of anilines is 1. The van der Waals surface area contributed by atoms with Crippen LogP contribution in [0.15, 0.2) is 77.4 Å². The van der Waals surface area contributed by atoms with Gasteiger partial charge in [0, 0.05) is 5.56 Å². The van der Waals surface area contributed by atoms with E-state index in [2.05, 4.69) is 10.6 Å². The van der Waals surface area contributed by atoms with E-state index in [-0.39, 0.29) is 24.3 Å². The maximum absolute atomic E-state index is 12.4. The van der Waals surface area contributed by atoms with E-state index in [1.807, 2.05) is 42.5 Å². The summed E-state index contributed by atoms with van der Waals surface area (Å²) in [7, 11) is 0. The smallest absolute Gasteiger partial charge is 0.238 e. The molecule has 5 nitrogen and oxygen atoms in total. The Morgan fingerprint density at radius 2 is 1.69 bits per heavy atom. The largest absolute Gasteiger partial charge is 0.467 e. The van der Waals surface area contributed by atoms with E-state index in [1.54, 1.807) is 30.5 Å². The Balaban J connectivity index is 1.70. The van der Waals surface area contributed by atoms with Gasteiger partial charge in [-0.1, -0.05) is 42.5 Å². The average Bonchev–Trinajstić information content (AvgIpc) is 3.17. The highest BCUT2D eigenvalue weighted by Gasteiger charge is 2.18. The van der Waals surface area contributed by atoms with Crippen molar-refractivity contribution in [3.05, 3.63) is 89.9 Å². The van der Waals surface area contributed by atoms with E-state index >= 15 is 0 Å². The normalized spacial score (nSPS) is 11.7. The molecule has 0 saturated carbocycles. The molecule has 1 amide bonds. The molecule has 3 aromatic rings. The van der Waals surface area contributed by atoms with Crippen molar-refractivity contribution in [3.8, 4) is 0 Å². The van der Waals surface area contributed by atoms with Crippen molar-refractivity contribution in [3.63, 3.8) is 0 Å². The first kappa shape index (κ1) is 17.6. The Morgan fingerprint density at radius 1 is 0.962 bits per heavy atom. The molecule has 0 aliphatic carbocycles. The number of hydrogen-bond donors (Lipinski definition) is 2. The minimum Gasteiger partial charge on any atom is -0.467 e. The van der Waals surface area contributed by atoms with E-state index in [1.165, 1.54) is 6.92 Å². The number of rotatable bonds is 7. The van der Waals surface area contributed by atoms with Crippen LogP contribution in [0.4, 0.5) is 5.69 Å². The number of Topliss-reactive ketones (excluding diaryl/α,β-unsaturated/α-hetero) is 1. The number of furan rings is 1. The van der Waals surface area contributed by atoms with Gasteiger partial charge >= 0.3 is 0 Å². The second-order valence-corrected chi connectivity index (χ2v) is 5.89. The molecule has 26 heavy (non-hydrogen) atoms. The lowest BCUT2D eigenvalue weighted by atomic mass is 10.0. The number of para-hydroxylation sites is 1. The van der Waals surface area contributed by atoms with E-state index in [9.17, 15) is 9.59 Å². The van der Waals surface area contributed by atoms with Crippen LogP contribution < -0.4 is 10.6 Å². The van der Waals surface area contributed by atoms with Gasteiger partial charge in [0.1, 0.15) is 5.76 Å². The molecule has 132 valence electrons. The number of ketones is 1. The predicted octanol–water partition coefficient (Wildman–Crippen LogP) is 3.80. The number of carbonyl (C=O) groups excluding carboxylic acids is 2. The van der Waals surface area contributed by atoms with Crippen LogP contribution in [0, 0.1) is 0 Å². The van der Waals surface area contributed by atoms with Crippen LogP contribution in [0.5, 0.6) is 0 Å². The third-order valence-electron chi connectivity index (χ3n) is 4.01. The number of amides is 1. The Bertz CT molecular complexity index is 873. The van der Waals surface area contributed by atoms with E-state index in [0.29, 0.717) is 11.3 Å². The van der Waals surface area contributed by atoms with E-state index < -0.39 is 0 Å². The third-order valence-corrected chi connectivity index (χ3v) is 4.01. The molecule has 0 aliphatic heterocycles. The zero-order valence-corrected chi connectivity index (χ0v) is 14.4. The van der Waals surface area contributed by atoms with Crippen LogP contribution in [0.2, 0.25) is 0 Å². The Hall–Kier alpha value is -3.18. The van der Waals surface area contributed by atoms with Crippen molar-refractivity contribution in [2.24, 2.45) is 0 Å². The first-order chi connectivity index (χ1) is 12.6. The summed E-state index contributed by atoms with van der Waals surface area (Å²) in [4.78, 5) is 24.1. The Labute approximate surface area is 152 Å². The summed E-state index contributed by atoms with van der Waals surface area (Å²) in [6.07, 6.45) is 1.61. The average molecular weight is 348 g/mol. The second-order valence-electron chi connectivity index (χ2n) is 5.89. The fraction of sp³-hybridized carbons (Fsp3) is 0.143. The summed E-state index contributed by atoms with van der Waals surface area (Å²) >= 11 is 0. The minimum absolute atomic E-state index is 0.0759. The minimum atomic E-state index is -0.236. The molecule has 0 fully saturated rings. The molecule has 2 N–H and O–H groups in total. The zero-order chi connectivity index (χ0) is 18.4. The van der Waals surface area contributed by atoms with Crippen molar-refractivity contribution in [2.45, 2.75) is 13.0 Å². The topological polar surface area (TPSA) is 71.3 Å². The van der Waals surface area contributed by atoms with Crippen molar-refractivity contribution in [1.29, 1.82) is 0 Å². The van der Waals surface area contributed by atoms with E-state index in [0.717, 1.165) is 11.3 Å². The van der Waals surface area contributed by atoms with E-state index in [4.69, 9.17) is 4.42 Å². The van der Waals surface area contributed by atoms with Crippen LogP contribution in [-0.2, 0) is 4.79 Å². The van der Waals surface area contributed by atoms with Gasteiger partial charge in [0.25, 0.3) is 0 Å². The van der Waals surface area contributed by atoms with Gasteiger partial charge < -0.3 is 9.73 Å². The van der Waals surface area contributed by atoms with Gasteiger partial charge in [-0.2, -0.15) is 0 Å². The first-order valence-electron chi connectivity index (χ1n) is 8.36. The molecule has 0 radical (unpaired) electrons. The van der Waals surface area contributed by atoms with Gasteiger partial charge in [-0.3, -0.25) is 14.9 Å². The molecule has 1 aromatic heterocycles. The first-order valence-corrected chi connectivity index (χ1v) is 8.36. The molecule has 0 bridgehead atoms. The van der Waals surface area contributed by atoms with Crippen LogP contribution >= 0.6 is 0 Å². The summed E-state index contributed by atoms with van der Waals surface area (Å²) < 4.78 is 5.51. The van der Waals surface area contributed by atoms with Crippen LogP contribution in [-0.4, -0.2) is 18.2 Å². The van der Waals surface area contributed by atoms with Crippen LogP contribution in [0.25, 0.3) is 0 Å². The summed E-state index contributed by atoms with van der Waals surface area (Å²) in [5.74, 6) is 0.408. The highest BCUT2D eigenvalue weighted by Crippen LogP contribution is 2.22. The van der Waals surface area contributed by atoms with Crippen LogP contribution in [0.1, 0.15) is 34.6 Å². The van der Waals surface area contributed by atoms with Gasteiger partial charge in [0.05, 0.1) is 24.5 Å². The van der Waals surface area contributed by atoms with Gasteiger partial charge in [-0.15, -0.1) is 0 Å². The third kappa shape index (κ3) is 4.26.